The van der Waals surface area contributed by atoms with Crippen LogP contribution >= 0.6 is 0 Å². The highest BCUT2D eigenvalue weighted by Crippen LogP contribution is 2.26. The first-order valence-corrected chi connectivity index (χ1v) is 5.32. The van der Waals surface area contributed by atoms with Gasteiger partial charge in [0.05, 0.1) is 17.6 Å². The summed E-state index contributed by atoms with van der Waals surface area (Å²) in [6.45, 7) is 0.578. The number of nitrogens with zero attached hydrogens (tertiary/aromatic N) is 1. The number of benzene rings is 1. The fraction of sp³-hybridized carbons (Fsp3) is 0.400. The topological polar surface area (TPSA) is 78.4 Å². The molecule has 0 atom stereocenters. The number of anilines is 1. The molecule has 1 aromatic rings. The Hall–Kier alpha value is -1.72. The van der Waals surface area contributed by atoms with E-state index in [2.05, 4.69) is 7.85 Å². The largest absolute Gasteiger partial charge is 0.493 e. The molecule has 0 unspecified atom stereocenters. The smallest absolute Gasteiger partial charge is 0.295 e. The van der Waals surface area contributed by atoms with Gasteiger partial charge in [-0.1, -0.05) is 12.7 Å². The molecule has 0 aliphatic rings. The summed E-state index contributed by atoms with van der Waals surface area (Å²) in [5.74, 6) is 0.497. The molecule has 16 heavy (non-hydrogen) atoms. The van der Waals surface area contributed by atoms with Crippen molar-refractivity contribution in [2.45, 2.75) is 19.2 Å². The van der Waals surface area contributed by atoms with E-state index in [1.807, 2.05) is 0 Å². The summed E-state index contributed by atoms with van der Waals surface area (Å²) in [6.07, 6.45) is 3.16. The third-order valence-corrected chi connectivity index (χ3v) is 2.22. The third kappa shape index (κ3) is 3.45. The summed E-state index contributed by atoms with van der Waals surface area (Å²) in [4.78, 5) is 10.1. The number of nitrogen functional groups attached to an aromatic ring is 1. The molecule has 5 nitrogen and oxygen atoms in total. The van der Waals surface area contributed by atoms with E-state index in [-0.39, 0.29) is 11.4 Å². The molecule has 0 bridgehead atoms. The normalized spacial score (nSPS) is 10.0. The second-order valence-corrected chi connectivity index (χ2v) is 3.53. The van der Waals surface area contributed by atoms with Crippen LogP contribution in [0, 0.1) is 10.1 Å². The number of rotatable bonds is 6. The minimum atomic E-state index is -0.506. The summed E-state index contributed by atoms with van der Waals surface area (Å²) in [7, 11) is 2.11. The number of ether oxygens (including phenoxy) is 1. The fourth-order valence-electron chi connectivity index (χ4n) is 1.31. The molecule has 0 saturated heterocycles. The van der Waals surface area contributed by atoms with E-state index in [0.717, 1.165) is 19.2 Å². The van der Waals surface area contributed by atoms with Crippen LogP contribution < -0.4 is 10.5 Å². The first-order chi connectivity index (χ1) is 7.65. The molecule has 2 N–H and O–H groups in total. The van der Waals surface area contributed by atoms with E-state index in [1.165, 1.54) is 12.1 Å². The molecule has 0 saturated carbocycles. The Balaban J connectivity index is 2.61. The minimum Gasteiger partial charge on any atom is -0.493 e. The van der Waals surface area contributed by atoms with Gasteiger partial charge in [-0.15, -0.1) is 0 Å². The standard InChI is InChI=1S/C10H15BN2O3/c11-5-1-2-6-16-8-3-4-9(12)10(7-8)13(14)15/h3-4,7H,1-2,5-6,11-12H2. The third-order valence-electron chi connectivity index (χ3n) is 2.22. The van der Waals surface area contributed by atoms with Crippen LogP contribution in [0.5, 0.6) is 5.75 Å². The van der Waals surface area contributed by atoms with Crippen LogP contribution in [-0.2, 0) is 0 Å². The van der Waals surface area contributed by atoms with Gasteiger partial charge in [0.25, 0.3) is 5.69 Å². The number of unbranched alkanes of at least 4 members (excludes halogenated alkanes) is 1. The maximum absolute atomic E-state index is 10.6. The average Bonchev–Trinajstić information content (AvgIpc) is 2.26. The lowest BCUT2D eigenvalue weighted by Gasteiger charge is -2.06. The Morgan fingerprint density at radius 2 is 2.19 bits per heavy atom. The van der Waals surface area contributed by atoms with Crippen LogP contribution in [0.3, 0.4) is 0 Å². The highest BCUT2D eigenvalue weighted by molar-refractivity contribution is 6.08. The lowest BCUT2D eigenvalue weighted by molar-refractivity contribution is -0.384. The summed E-state index contributed by atoms with van der Waals surface area (Å²) >= 11 is 0. The molecular weight excluding hydrogens is 207 g/mol. The van der Waals surface area contributed by atoms with E-state index in [9.17, 15) is 10.1 Å². The lowest BCUT2D eigenvalue weighted by atomic mass is 10.0. The maximum Gasteiger partial charge on any atom is 0.295 e. The number of hydrogen-bond donors (Lipinski definition) is 1. The van der Waals surface area contributed by atoms with Crippen LogP contribution in [0.25, 0.3) is 0 Å². The van der Waals surface area contributed by atoms with Crippen LogP contribution in [0.1, 0.15) is 12.8 Å². The van der Waals surface area contributed by atoms with Gasteiger partial charge in [0.15, 0.2) is 0 Å². The summed E-state index contributed by atoms with van der Waals surface area (Å²) in [5.41, 5.74) is 5.52. The predicted molar refractivity (Wildman–Crippen MR) is 65.6 cm³/mol. The van der Waals surface area contributed by atoms with Gasteiger partial charge in [-0.3, -0.25) is 10.1 Å². The van der Waals surface area contributed by atoms with Crippen molar-refractivity contribution in [3.05, 3.63) is 28.3 Å². The van der Waals surface area contributed by atoms with Crippen molar-refractivity contribution >= 4 is 19.2 Å². The summed E-state index contributed by atoms with van der Waals surface area (Å²) in [6, 6.07) is 4.50. The van der Waals surface area contributed by atoms with E-state index >= 15 is 0 Å². The molecule has 0 aliphatic heterocycles. The SMILES string of the molecule is BCCCCOc1ccc(N)c([N+](=O)[O-])c1. The van der Waals surface area contributed by atoms with Gasteiger partial charge in [-0.25, -0.2) is 0 Å². The van der Waals surface area contributed by atoms with Gasteiger partial charge in [-0.05, 0) is 18.6 Å². The highest BCUT2D eigenvalue weighted by atomic mass is 16.6. The van der Waals surface area contributed by atoms with Gasteiger partial charge >= 0.3 is 0 Å². The first kappa shape index (κ1) is 12.4. The molecule has 0 aliphatic carbocycles. The van der Waals surface area contributed by atoms with Crippen molar-refractivity contribution in [2.24, 2.45) is 0 Å². The molecule has 0 aromatic heterocycles. The Kier molecular flexibility index (Phi) is 4.63. The molecular formula is C10H15BN2O3. The van der Waals surface area contributed by atoms with Crippen molar-refractivity contribution in [3.63, 3.8) is 0 Å². The zero-order valence-corrected chi connectivity index (χ0v) is 9.31. The van der Waals surface area contributed by atoms with Gasteiger partial charge in [0.2, 0.25) is 0 Å². The van der Waals surface area contributed by atoms with Crippen LogP contribution in [0.4, 0.5) is 11.4 Å². The van der Waals surface area contributed by atoms with Crippen molar-refractivity contribution in [1.82, 2.24) is 0 Å². The molecule has 0 amide bonds. The molecule has 0 radical (unpaired) electrons. The second-order valence-electron chi connectivity index (χ2n) is 3.53. The Bertz CT molecular complexity index is 371. The van der Waals surface area contributed by atoms with Crippen LogP contribution in [0.15, 0.2) is 18.2 Å². The van der Waals surface area contributed by atoms with Gasteiger partial charge in [-0.2, -0.15) is 0 Å². The second kappa shape index (κ2) is 6.00. The molecule has 0 fully saturated rings. The van der Waals surface area contributed by atoms with Crippen molar-refractivity contribution in [1.29, 1.82) is 0 Å². The number of nitrogens with two attached hydrogens (primary N) is 1. The Labute approximate surface area is 95.1 Å². The molecule has 1 rings (SSSR count). The molecule has 6 heteroatoms. The summed E-state index contributed by atoms with van der Waals surface area (Å²) < 4.78 is 5.39. The van der Waals surface area contributed by atoms with Crippen LogP contribution in [0.2, 0.25) is 6.32 Å². The quantitative estimate of drug-likeness (QED) is 0.259. The van der Waals surface area contributed by atoms with Crippen LogP contribution in [-0.4, -0.2) is 19.4 Å². The molecule has 86 valence electrons. The Morgan fingerprint density at radius 3 is 2.81 bits per heavy atom. The fourth-order valence-corrected chi connectivity index (χ4v) is 1.31. The van der Waals surface area contributed by atoms with Crippen molar-refractivity contribution in [2.75, 3.05) is 12.3 Å². The Morgan fingerprint density at radius 1 is 1.44 bits per heavy atom. The average molecular weight is 222 g/mol. The maximum atomic E-state index is 10.6. The van der Waals surface area contributed by atoms with Gasteiger partial charge < -0.3 is 10.5 Å². The molecule has 0 heterocycles. The predicted octanol–water partition coefficient (Wildman–Crippen LogP) is 1.39. The van der Waals surface area contributed by atoms with E-state index in [0.29, 0.717) is 12.4 Å². The number of nitro benzene ring substituents is 1. The molecule has 1 aromatic carbocycles. The first-order valence-electron chi connectivity index (χ1n) is 5.32. The minimum absolute atomic E-state index is 0.104. The number of nitro groups is 1. The molecule has 0 spiro atoms. The zero-order valence-electron chi connectivity index (χ0n) is 9.31. The van der Waals surface area contributed by atoms with Gasteiger partial charge in [0, 0.05) is 0 Å². The van der Waals surface area contributed by atoms with E-state index in [4.69, 9.17) is 10.5 Å². The van der Waals surface area contributed by atoms with E-state index in [1.54, 1.807) is 6.07 Å². The summed E-state index contributed by atoms with van der Waals surface area (Å²) in [5, 5.41) is 10.6. The van der Waals surface area contributed by atoms with Gasteiger partial charge in [0.1, 0.15) is 19.3 Å². The van der Waals surface area contributed by atoms with Crippen molar-refractivity contribution < 1.29 is 9.66 Å². The lowest BCUT2D eigenvalue weighted by Crippen LogP contribution is -2.00. The van der Waals surface area contributed by atoms with Crippen molar-refractivity contribution in [3.8, 4) is 5.75 Å². The zero-order chi connectivity index (χ0) is 12.0. The van der Waals surface area contributed by atoms with E-state index < -0.39 is 4.92 Å². The highest BCUT2D eigenvalue weighted by Gasteiger charge is 2.12. The monoisotopic (exact) mass is 222 g/mol. The number of hydrogen-bond acceptors (Lipinski definition) is 4.